The first kappa shape index (κ1) is 15.7. The highest BCUT2D eigenvalue weighted by atomic mass is 16.2. The van der Waals surface area contributed by atoms with E-state index in [1.54, 1.807) is 6.20 Å². The fraction of sp³-hybridized carbons (Fsp3) is 0.714. The lowest BCUT2D eigenvalue weighted by atomic mass is 10.1. The Bertz CT molecular complexity index is 348. The number of rotatable bonds is 9. The van der Waals surface area contributed by atoms with Crippen LogP contribution in [0, 0.1) is 5.92 Å². The number of hydrogen-bond donors (Lipinski definition) is 2. The summed E-state index contributed by atoms with van der Waals surface area (Å²) in [6.07, 6.45) is 5.71. The molecule has 1 aromatic rings. The number of carbonyl (C=O) groups excluding carboxylic acids is 1. The van der Waals surface area contributed by atoms with Crippen molar-refractivity contribution in [1.29, 1.82) is 0 Å². The predicted molar refractivity (Wildman–Crippen MR) is 76.8 cm³/mol. The summed E-state index contributed by atoms with van der Waals surface area (Å²) in [6.45, 7) is 8.67. The second-order valence-electron chi connectivity index (χ2n) is 5.27. The van der Waals surface area contributed by atoms with Crippen molar-refractivity contribution in [3.63, 3.8) is 0 Å². The van der Waals surface area contributed by atoms with E-state index in [-0.39, 0.29) is 11.9 Å². The number of nitrogens with one attached hydrogen (secondary N) is 2. The van der Waals surface area contributed by atoms with Crippen LogP contribution in [0.4, 0.5) is 0 Å². The summed E-state index contributed by atoms with van der Waals surface area (Å²) in [5, 5.41) is 10.3. The molecular weight excluding hydrogens is 240 g/mol. The van der Waals surface area contributed by atoms with Gasteiger partial charge in [0.05, 0.1) is 6.04 Å². The molecule has 0 bridgehead atoms. The molecule has 1 unspecified atom stereocenters. The fourth-order valence-electron chi connectivity index (χ4n) is 1.72. The molecule has 0 saturated carbocycles. The molecule has 5 heteroatoms. The lowest BCUT2D eigenvalue weighted by molar-refractivity contribution is -0.122. The average molecular weight is 266 g/mol. The third kappa shape index (κ3) is 6.96. The summed E-state index contributed by atoms with van der Waals surface area (Å²) in [5.41, 5.74) is 0. The van der Waals surface area contributed by atoms with Crippen molar-refractivity contribution in [2.24, 2.45) is 5.92 Å². The highest BCUT2D eigenvalue weighted by molar-refractivity contribution is 5.81. The van der Waals surface area contributed by atoms with Crippen LogP contribution in [0.15, 0.2) is 18.5 Å². The van der Waals surface area contributed by atoms with Gasteiger partial charge in [0, 0.05) is 25.5 Å². The largest absolute Gasteiger partial charge is 0.355 e. The van der Waals surface area contributed by atoms with E-state index in [1.807, 2.05) is 23.9 Å². The standard InChI is InChI=1S/C14H26N4O/c1-12(2)6-9-16-14(19)13(3)15-7-4-10-18-11-5-8-17-18/h5,8,11-13,15H,4,6-7,9-10H2,1-3H3,(H,16,19). The van der Waals surface area contributed by atoms with Crippen LogP contribution in [0.3, 0.4) is 0 Å². The Morgan fingerprint density at radius 3 is 2.74 bits per heavy atom. The number of aromatic nitrogens is 2. The van der Waals surface area contributed by atoms with Crippen LogP contribution in [0.1, 0.15) is 33.6 Å². The molecule has 1 heterocycles. The third-order valence-electron chi connectivity index (χ3n) is 2.99. The van der Waals surface area contributed by atoms with Gasteiger partial charge in [0.1, 0.15) is 0 Å². The minimum absolute atomic E-state index is 0.0831. The van der Waals surface area contributed by atoms with Gasteiger partial charge in [0.25, 0.3) is 0 Å². The normalized spacial score (nSPS) is 12.6. The molecule has 0 saturated heterocycles. The third-order valence-corrected chi connectivity index (χ3v) is 2.99. The van der Waals surface area contributed by atoms with Gasteiger partial charge in [-0.1, -0.05) is 13.8 Å². The molecule has 5 nitrogen and oxygen atoms in total. The summed E-state index contributed by atoms with van der Waals surface area (Å²) in [7, 11) is 0. The van der Waals surface area contributed by atoms with Crippen LogP contribution in [-0.2, 0) is 11.3 Å². The molecule has 0 aromatic carbocycles. The fourth-order valence-corrected chi connectivity index (χ4v) is 1.72. The second-order valence-corrected chi connectivity index (χ2v) is 5.27. The van der Waals surface area contributed by atoms with Crippen molar-refractivity contribution in [2.75, 3.05) is 13.1 Å². The summed E-state index contributed by atoms with van der Waals surface area (Å²) < 4.78 is 1.90. The SMILES string of the molecule is CC(C)CCNC(=O)C(C)NCCCn1cccn1. The molecule has 2 N–H and O–H groups in total. The monoisotopic (exact) mass is 266 g/mol. The Morgan fingerprint density at radius 2 is 2.11 bits per heavy atom. The van der Waals surface area contributed by atoms with Gasteiger partial charge in [0.15, 0.2) is 0 Å². The van der Waals surface area contributed by atoms with Gasteiger partial charge in [-0.3, -0.25) is 9.48 Å². The number of amides is 1. The Kier molecular flexibility index (Phi) is 7.18. The van der Waals surface area contributed by atoms with E-state index in [9.17, 15) is 4.79 Å². The van der Waals surface area contributed by atoms with Crippen molar-refractivity contribution in [2.45, 2.75) is 46.2 Å². The molecule has 108 valence electrons. The summed E-state index contributed by atoms with van der Waals surface area (Å²) in [4.78, 5) is 11.8. The lowest BCUT2D eigenvalue weighted by Crippen LogP contribution is -2.43. The van der Waals surface area contributed by atoms with E-state index in [0.717, 1.165) is 32.5 Å². The van der Waals surface area contributed by atoms with Gasteiger partial charge < -0.3 is 10.6 Å². The maximum absolute atomic E-state index is 11.8. The molecule has 0 radical (unpaired) electrons. The summed E-state index contributed by atoms with van der Waals surface area (Å²) in [6, 6.07) is 1.78. The zero-order valence-electron chi connectivity index (χ0n) is 12.2. The Hall–Kier alpha value is -1.36. The highest BCUT2D eigenvalue weighted by Crippen LogP contribution is 1.96. The first-order valence-corrected chi connectivity index (χ1v) is 7.08. The van der Waals surface area contributed by atoms with E-state index in [4.69, 9.17) is 0 Å². The quantitative estimate of drug-likeness (QED) is 0.665. The van der Waals surface area contributed by atoms with Gasteiger partial charge >= 0.3 is 0 Å². The van der Waals surface area contributed by atoms with Gasteiger partial charge in [0.2, 0.25) is 5.91 Å². The van der Waals surface area contributed by atoms with Crippen LogP contribution in [0.5, 0.6) is 0 Å². The van der Waals surface area contributed by atoms with Gasteiger partial charge in [-0.2, -0.15) is 5.10 Å². The maximum Gasteiger partial charge on any atom is 0.236 e. The van der Waals surface area contributed by atoms with Crippen LogP contribution in [0.25, 0.3) is 0 Å². The summed E-state index contributed by atoms with van der Waals surface area (Å²) >= 11 is 0. The van der Waals surface area contributed by atoms with Crippen LogP contribution >= 0.6 is 0 Å². The number of nitrogens with zero attached hydrogens (tertiary/aromatic N) is 2. The molecule has 0 aliphatic rings. The van der Waals surface area contributed by atoms with Gasteiger partial charge in [-0.05, 0) is 38.3 Å². The van der Waals surface area contributed by atoms with E-state index >= 15 is 0 Å². The molecule has 19 heavy (non-hydrogen) atoms. The molecule has 0 spiro atoms. The van der Waals surface area contributed by atoms with Gasteiger partial charge in [-0.15, -0.1) is 0 Å². The second kappa shape index (κ2) is 8.69. The first-order chi connectivity index (χ1) is 9.09. The molecule has 0 fully saturated rings. The number of aryl methyl sites for hydroxylation is 1. The highest BCUT2D eigenvalue weighted by Gasteiger charge is 2.10. The van der Waals surface area contributed by atoms with E-state index in [0.29, 0.717) is 5.92 Å². The minimum Gasteiger partial charge on any atom is -0.355 e. The number of hydrogen-bond acceptors (Lipinski definition) is 3. The smallest absolute Gasteiger partial charge is 0.236 e. The average Bonchev–Trinajstić information content (AvgIpc) is 2.86. The van der Waals surface area contributed by atoms with Crippen molar-refractivity contribution in [1.82, 2.24) is 20.4 Å². The van der Waals surface area contributed by atoms with Crippen molar-refractivity contribution < 1.29 is 4.79 Å². The van der Waals surface area contributed by atoms with Crippen LogP contribution in [0.2, 0.25) is 0 Å². The summed E-state index contributed by atoms with van der Waals surface area (Å²) in [5.74, 6) is 0.706. The molecule has 1 aromatic heterocycles. The number of carbonyl (C=O) groups is 1. The van der Waals surface area contributed by atoms with E-state index in [2.05, 4.69) is 29.6 Å². The van der Waals surface area contributed by atoms with Crippen molar-refractivity contribution >= 4 is 5.91 Å². The van der Waals surface area contributed by atoms with E-state index in [1.165, 1.54) is 0 Å². The maximum atomic E-state index is 11.8. The van der Waals surface area contributed by atoms with Crippen molar-refractivity contribution in [3.8, 4) is 0 Å². The molecule has 0 aliphatic carbocycles. The van der Waals surface area contributed by atoms with Crippen LogP contribution < -0.4 is 10.6 Å². The Morgan fingerprint density at radius 1 is 1.32 bits per heavy atom. The van der Waals surface area contributed by atoms with Crippen molar-refractivity contribution in [3.05, 3.63) is 18.5 Å². The molecule has 1 rings (SSSR count). The Balaban J connectivity index is 2.06. The Labute approximate surface area is 115 Å². The zero-order valence-corrected chi connectivity index (χ0v) is 12.2. The predicted octanol–water partition coefficient (Wildman–Crippen LogP) is 1.41. The molecule has 1 atom stereocenters. The first-order valence-electron chi connectivity index (χ1n) is 7.08. The van der Waals surface area contributed by atoms with E-state index < -0.39 is 0 Å². The minimum atomic E-state index is -0.134. The lowest BCUT2D eigenvalue weighted by Gasteiger charge is -2.14. The molecule has 1 amide bonds. The van der Waals surface area contributed by atoms with Crippen LogP contribution in [-0.4, -0.2) is 34.8 Å². The zero-order chi connectivity index (χ0) is 14.1. The molecule has 0 aliphatic heterocycles. The van der Waals surface area contributed by atoms with Gasteiger partial charge in [-0.25, -0.2) is 0 Å². The topological polar surface area (TPSA) is 59.0 Å². The molecular formula is C14H26N4O.